The van der Waals surface area contributed by atoms with Gasteiger partial charge in [-0.15, -0.1) is 48.1 Å². The average molecular weight is 1050 g/mol. The average Bonchev–Trinajstić information content (AvgIpc) is 4.07. The fraction of sp³-hybridized carbons (Fsp3) is 0.172. The van der Waals surface area contributed by atoms with Crippen LogP contribution < -0.4 is 14.5 Å². The summed E-state index contributed by atoms with van der Waals surface area (Å²) in [6.45, 7) is 9.42. The van der Waals surface area contributed by atoms with Crippen LogP contribution in [0.25, 0.3) is 71.2 Å². The second-order valence-electron chi connectivity index (χ2n) is 19.1. The monoisotopic (exact) mass is 1050 g/mol. The van der Waals surface area contributed by atoms with Crippen LogP contribution in [0.1, 0.15) is 60.9 Å². The predicted octanol–water partition coefficient (Wildman–Crippen LogP) is 14.9. The van der Waals surface area contributed by atoms with Crippen molar-refractivity contribution in [3.05, 3.63) is 176 Å². The van der Waals surface area contributed by atoms with Crippen LogP contribution in [0.4, 0.5) is 22.7 Å². The van der Waals surface area contributed by atoms with E-state index in [0.29, 0.717) is 55.7 Å². The van der Waals surface area contributed by atoms with Gasteiger partial charge in [0.15, 0.2) is 0 Å². The van der Waals surface area contributed by atoms with E-state index in [4.69, 9.17) is 13.0 Å². The minimum absolute atomic E-state index is 0. The smallest absolute Gasteiger partial charge is 0.135 e. The summed E-state index contributed by atoms with van der Waals surface area (Å²) in [6.07, 6.45) is 1.78. The van der Waals surface area contributed by atoms with Crippen molar-refractivity contribution in [2.45, 2.75) is 52.4 Å². The molecule has 11 aromatic rings. The molecule has 1 aliphatic rings. The van der Waals surface area contributed by atoms with Crippen LogP contribution in [0.3, 0.4) is 0 Å². The van der Waals surface area contributed by atoms with Crippen LogP contribution in [0.5, 0.6) is 11.5 Å². The number of aromatic nitrogens is 4. The Morgan fingerprint density at radius 3 is 1.80 bits per heavy atom. The fourth-order valence-corrected chi connectivity index (χ4v) is 9.70. The largest absolute Gasteiger partial charge is 0.509 e. The van der Waals surface area contributed by atoms with Gasteiger partial charge in [0, 0.05) is 110 Å². The standard InChI is InChI=1S/C58H49N6O.Pt/c1-57(2,3)36-23-27-47-43(30-36)45-34-46-44-31-37(58(4,5)6)24-28-48(44)61(8)55(46)56(54(45)60(47)7)63-35-62(50-20-11-12-21-51(50)63)38-16-15-17-39(32-38)65-40-25-26-42-41-18-9-10-19-49(41)64(52(42)33-40)53-22-13-14-29-59-53;/h9-31,34-35H,1-8H3;/q-3;/i7D3,8D3;. The maximum atomic E-state index is 9.16. The molecular formula is C58H49N6OPt-3. The van der Waals surface area contributed by atoms with Gasteiger partial charge >= 0.3 is 0 Å². The van der Waals surface area contributed by atoms with Gasteiger partial charge in [0.2, 0.25) is 0 Å². The van der Waals surface area contributed by atoms with E-state index >= 15 is 0 Å². The van der Waals surface area contributed by atoms with Crippen molar-refractivity contribution in [3.8, 4) is 17.3 Å². The molecule has 0 fully saturated rings. The second-order valence-corrected chi connectivity index (χ2v) is 19.1. The maximum Gasteiger partial charge on any atom is 0.135 e. The van der Waals surface area contributed by atoms with Gasteiger partial charge in [0.25, 0.3) is 0 Å². The molecule has 0 N–H and O–H groups in total. The Balaban J connectivity index is 0.00000560. The number of para-hydroxylation sites is 3. The Hall–Kier alpha value is -6.82. The van der Waals surface area contributed by atoms with Gasteiger partial charge in [-0.3, -0.25) is 0 Å². The zero-order chi connectivity index (χ0) is 49.5. The molecule has 0 radical (unpaired) electrons. The molecule has 0 bridgehead atoms. The van der Waals surface area contributed by atoms with Gasteiger partial charge < -0.3 is 28.2 Å². The molecule has 0 atom stereocenters. The van der Waals surface area contributed by atoms with Crippen molar-refractivity contribution in [1.29, 1.82) is 0 Å². The Morgan fingerprint density at radius 1 is 0.545 bits per heavy atom. The quantitative estimate of drug-likeness (QED) is 0.161. The Morgan fingerprint density at radius 2 is 1.17 bits per heavy atom. The first-order valence-electron chi connectivity index (χ1n) is 25.0. The molecule has 0 saturated carbocycles. The van der Waals surface area contributed by atoms with Crippen molar-refractivity contribution >= 4 is 88.2 Å². The van der Waals surface area contributed by atoms with Crippen molar-refractivity contribution in [2.75, 3.05) is 9.80 Å². The number of hydrogen-bond donors (Lipinski definition) is 0. The zero-order valence-electron chi connectivity index (χ0n) is 43.3. The third kappa shape index (κ3) is 6.38. The number of anilines is 4. The first kappa shape index (κ1) is 35.4. The van der Waals surface area contributed by atoms with Crippen molar-refractivity contribution < 1.29 is 34.0 Å². The van der Waals surface area contributed by atoms with Crippen LogP contribution in [0.15, 0.2) is 146 Å². The number of hydrogen-bond acceptors (Lipinski definition) is 4. The van der Waals surface area contributed by atoms with Crippen molar-refractivity contribution in [1.82, 2.24) is 18.7 Å². The third-order valence-corrected chi connectivity index (χ3v) is 13.0. The molecular weight excluding hydrogens is 992 g/mol. The van der Waals surface area contributed by atoms with Gasteiger partial charge in [0.1, 0.15) is 5.82 Å². The molecule has 4 aromatic heterocycles. The number of aryl methyl sites for hydroxylation is 2. The van der Waals surface area contributed by atoms with Gasteiger partial charge in [0.05, 0.1) is 16.7 Å². The molecule has 0 unspecified atom stereocenters. The predicted molar refractivity (Wildman–Crippen MR) is 270 cm³/mol. The summed E-state index contributed by atoms with van der Waals surface area (Å²) < 4.78 is 66.5. The van der Waals surface area contributed by atoms with E-state index in [9.17, 15) is 0 Å². The van der Waals surface area contributed by atoms with Gasteiger partial charge in [-0.05, 0) is 88.0 Å². The molecule has 8 heteroatoms. The van der Waals surface area contributed by atoms with E-state index in [0.717, 1.165) is 60.9 Å². The van der Waals surface area contributed by atoms with Crippen LogP contribution in [-0.4, -0.2) is 18.7 Å². The summed E-state index contributed by atoms with van der Waals surface area (Å²) in [4.78, 5) is 8.62. The molecule has 330 valence electrons. The van der Waals surface area contributed by atoms with E-state index < -0.39 is 14.0 Å². The minimum atomic E-state index is -2.66. The SMILES string of the molecule is [2H]C([2H])([2H])n1c2ccc(C(C)(C)C)cc2c2cc3c4cc(C(C)(C)C)ccc4n(C([2H])([2H])[2H])c3c(N3[CH-]N(c4[c-]c(Oc5[c-]c6c(cc5)c5ccccc5n6-c5ccccn5)ccc4)c4ccccc43)c21.[Pt]. The van der Waals surface area contributed by atoms with E-state index in [-0.39, 0.29) is 31.9 Å². The van der Waals surface area contributed by atoms with Crippen LogP contribution >= 0.6 is 0 Å². The summed E-state index contributed by atoms with van der Waals surface area (Å²) >= 11 is 0. The maximum absolute atomic E-state index is 9.16. The first-order chi connectivity index (χ1) is 33.8. The van der Waals surface area contributed by atoms with E-state index in [1.54, 1.807) is 6.20 Å². The van der Waals surface area contributed by atoms with E-state index in [1.807, 2.05) is 132 Å². The molecule has 1 aliphatic heterocycles. The van der Waals surface area contributed by atoms with Gasteiger partial charge in [-0.2, -0.15) is 12.1 Å². The number of nitrogens with zero attached hydrogens (tertiary/aromatic N) is 6. The number of rotatable bonds is 5. The number of ether oxygens (including phenoxy) is 1. The van der Waals surface area contributed by atoms with Crippen molar-refractivity contribution in [2.24, 2.45) is 14.0 Å². The summed E-state index contributed by atoms with van der Waals surface area (Å²) in [5.74, 6) is 1.71. The van der Waals surface area contributed by atoms with Gasteiger partial charge in [-0.1, -0.05) is 95.6 Å². The first-order valence-corrected chi connectivity index (χ1v) is 22.0. The molecule has 7 aromatic carbocycles. The second kappa shape index (κ2) is 15.1. The zero-order valence-corrected chi connectivity index (χ0v) is 39.6. The van der Waals surface area contributed by atoms with E-state index in [1.165, 1.54) is 9.13 Å². The summed E-state index contributed by atoms with van der Waals surface area (Å²) in [5.41, 5.74) is 7.85. The third-order valence-electron chi connectivity index (χ3n) is 13.0. The molecule has 5 heterocycles. The normalized spacial score (nSPS) is 14.9. The van der Waals surface area contributed by atoms with Crippen LogP contribution in [0.2, 0.25) is 0 Å². The minimum Gasteiger partial charge on any atom is -0.509 e. The Labute approximate surface area is 408 Å². The van der Waals surface area contributed by atoms with Gasteiger partial charge in [-0.25, -0.2) is 4.98 Å². The molecule has 0 aliphatic carbocycles. The summed E-state index contributed by atoms with van der Waals surface area (Å²) in [5, 5.41) is 5.04. The fourth-order valence-electron chi connectivity index (χ4n) is 9.70. The molecule has 12 rings (SSSR count). The molecule has 7 nitrogen and oxygen atoms in total. The van der Waals surface area contributed by atoms with Crippen molar-refractivity contribution in [3.63, 3.8) is 0 Å². The molecule has 0 amide bonds. The summed E-state index contributed by atoms with van der Waals surface area (Å²) in [6, 6.07) is 52.6. The van der Waals surface area contributed by atoms with E-state index in [2.05, 4.69) is 87.5 Å². The topological polar surface area (TPSA) is 43.4 Å². The van der Waals surface area contributed by atoms with Crippen LogP contribution in [0, 0.1) is 18.8 Å². The number of fused-ring (bicyclic) bond motifs is 10. The Kier molecular flexibility index (Phi) is 8.12. The number of benzene rings is 7. The molecule has 66 heavy (non-hydrogen) atoms. The summed E-state index contributed by atoms with van der Waals surface area (Å²) in [7, 11) is 0. The number of pyridine rings is 1. The molecule has 0 spiro atoms. The van der Waals surface area contributed by atoms with Crippen LogP contribution in [-0.2, 0) is 45.8 Å². The molecule has 0 saturated heterocycles. The Bertz CT molecular complexity index is 3840.